The van der Waals surface area contributed by atoms with Gasteiger partial charge in [-0.1, -0.05) is 11.6 Å². The molecule has 2 aliphatic rings. The molecule has 0 atom stereocenters. The van der Waals surface area contributed by atoms with E-state index in [0.29, 0.717) is 18.6 Å². The molecule has 2 N–H and O–H groups in total. The van der Waals surface area contributed by atoms with Gasteiger partial charge in [0.05, 0.1) is 12.1 Å². The number of piperazine rings is 1. The second-order valence-electron chi connectivity index (χ2n) is 7.21. The van der Waals surface area contributed by atoms with Gasteiger partial charge in [-0.2, -0.15) is 0 Å². The van der Waals surface area contributed by atoms with Crippen LogP contribution in [0.25, 0.3) is 10.9 Å². The molecule has 1 amide bonds. The van der Waals surface area contributed by atoms with Gasteiger partial charge in [-0.25, -0.2) is 9.97 Å². The Morgan fingerprint density at radius 3 is 2.84 bits per heavy atom. The Kier molecular flexibility index (Phi) is 4.53. The lowest BCUT2D eigenvalue weighted by molar-refractivity contribution is -0.125. The number of rotatable bonds is 3. The number of nitrogens with zero attached hydrogens (tertiary/aromatic N) is 3. The van der Waals surface area contributed by atoms with E-state index in [1.54, 1.807) is 6.33 Å². The first kappa shape index (κ1) is 16.3. The minimum atomic E-state index is 0.161. The molecule has 1 saturated carbocycles. The highest BCUT2D eigenvalue weighted by Crippen LogP contribution is 2.28. The molecule has 0 spiro atoms. The number of fused-ring (bicyclic) bond motifs is 1. The molecule has 2 aromatic rings. The summed E-state index contributed by atoms with van der Waals surface area (Å²) >= 11 is 0. The van der Waals surface area contributed by atoms with Crippen molar-refractivity contribution in [3.05, 3.63) is 30.1 Å². The van der Waals surface area contributed by atoms with Crippen molar-refractivity contribution in [3.63, 3.8) is 0 Å². The van der Waals surface area contributed by atoms with Gasteiger partial charge in [-0.05, 0) is 44.7 Å². The third kappa shape index (κ3) is 3.58. The van der Waals surface area contributed by atoms with Crippen LogP contribution in [0.5, 0.6) is 0 Å². The van der Waals surface area contributed by atoms with Crippen molar-refractivity contribution in [3.8, 4) is 0 Å². The van der Waals surface area contributed by atoms with E-state index in [-0.39, 0.29) is 5.91 Å². The highest BCUT2D eigenvalue weighted by Gasteiger charge is 2.28. The molecule has 6 nitrogen and oxygen atoms in total. The van der Waals surface area contributed by atoms with Gasteiger partial charge in [0.2, 0.25) is 5.91 Å². The van der Waals surface area contributed by atoms with Gasteiger partial charge < -0.3 is 10.6 Å². The zero-order valence-electron chi connectivity index (χ0n) is 14.7. The summed E-state index contributed by atoms with van der Waals surface area (Å²) in [4.78, 5) is 22.8. The largest absolute Gasteiger partial charge is 0.367 e. The van der Waals surface area contributed by atoms with Crippen LogP contribution >= 0.6 is 0 Å². The second kappa shape index (κ2) is 6.96. The molecule has 6 heteroatoms. The summed E-state index contributed by atoms with van der Waals surface area (Å²) in [7, 11) is 0. The standard InChI is InChI=1S/C19H25N5O/c1-13-2-7-17-16(10-13)19(22-12-21-17)23-14-3-5-15(6-4-14)24-9-8-20-18(25)11-24/h2,7,10,12,14-15H,3-6,8-9,11H2,1H3,(H,20,25)(H,21,22,23)/t14-,15+. The number of aryl methyl sites for hydroxylation is 1. The predicted molar refractivity (Wildman–Crippen MR) is 98.5 cm³/mol. The Bertz CT molecular complexity index is 769. The van der Waals surface area contributed by atoms with E-state index < -0.39 is 0 Å². The smallest absolute Gasteiger partial charge is 0.234 e. The number of hydrogen-bond donors (Lipinski definition) is 2. The van der Waals surface area contributed by atoms with E-state index in [4.69, 9.17) is 0 Å². The van der Waals surface area contributed by atoms with Gasteiger partial charge in [0.25, 0.3) is 0 Å². The van der Waals surface area contributed by atoms with Crippen LogP contribution in [0.15, 0.2) is 24.5 Å². The van der Waals surface area contributed by atoms with Crippen molar-refractivity contribution in [2.45, 2.75) is 44.7 Å². The molecule has 2 fully saturated rings. The maximum Gasteiger partial charge on any atom is 0.234 e. The highest BCUT2D eigenvalue weighted by atomic mass is 16.2. The molecular formula is C19H25N5O. The predicted octanol–water partition coefficient (Wildman–Crippen LogP) is 2.09. The van der Waals surface area contributed by atoms with Crippen molar-refractivity contribution < 1.29 is 4.79 Å². The lowest BCUT2D eigenvalue weighted by Gasteiger charge is -2.38. The molecule has 4 rings (SSSR count). The molecular weight excluding hydrogens is 314 g/mol. The summed E-state index contributed by atoms with van der Waals surface area (Å²) in [5.74, 6) is 1.10. The molecule has 25 heavy (non-hydrogen) atoms. The first-order valence-electron chi connectivity index (χ1n) is 9.18. The SMILES string of the molecule is Cc1ccc2ncnc(N[C@H]3CC[C@@H](N4CCNC(=O)C4)CC3)c2c1. The minimum absolute atomic E-state index is 0.161. The number of carbonyl (C=O) groups excluding carboxylic acids is 1. The van der Waals surface area contributed by atoms with Crippen molar-refractivity contribution in [1.29, 1.82) is 0 Å². The summed E-state index contributed by atoms with van der Waals surface area (Å²) in [6.07, 6.45) is 6.12. The quantitative estimate of drug-likeness (QED) is 0.896. The van der Waals surface area contributed by atoms with Crippen LogP contribution in [-0.4, -0.2) is 52.5 Å². The van der Waals surface area contributed by atoms with Gasteiger partial charge in [0, 0.05) is 30.6 Å². The number of anilines is 1. The number of carbonyl (C=O) groups is 1. The molecule has 1 aromatic heterocycles. The topological polar surface area (TPSA) is 70.2 Å². The summed E-state index contributed by atoms with van der Waals surface area (Å²) in [6, 6.07) is 7.26. The normalized spacial score (nSPS) is 24.9. The number of benzene rings is 1. The lowest BCUT2D eigenvalue weighted by Crippen LogP contribution is -2.52. The van der Waals surface area contributed by atoms with Crippen LogP contribution in [-0.2, 0) is 4.79 Å². The number of hydrogen-bond acceptors (Lipinski definition) is 5. The number of amides is 1. The number of nitrogens with one attached hydrogen (secondary N) is 2. The maximum absolute atomic E-state index is 11.6. The van der Waals surface area contributed by atoms with Crippen LogP contribution in [0.4, 0.5) is 5.82 Å². The average molecular weight is 339 g/mol. The number of aromatic nitrogens is 2. The summed E-state index contributed by atoms with van der Waals surface area (Å²) < 4.78 is 0. The first-order chi connectivity index (χ1) is 12.2. The molecule has 2 heterocycles. The van der Waals surface area contributed by atoms with Gasteiger partial charge >= 0.3 is 0 Å². The van der Waals surface area contributed by atoms with E-state index in [1.165, 1.54) is 5.56 Å². The fraction of sp³-hybridized carbons (Fsp3) is 0.526. The lowest BCUT2D eigenvalue weighted by atomic mass is 9.89. The molecule has 0 unspecified atom stereocenters. The Balaban J connectivity index is 1.40. The maximum atomic E-state index is 11.6. The van der Waals surface area contributed by atoms with Crippen LogP contribution in [0.3, 0.4) is 0 Å². The van der Waals surface area contributed by atoms with E-state index in [0.717, 1.165) is 55.5 Å². The van der Waals surface area contributed by atoms with Crippen LogP contribution < -0.4 is 10.6 Å². The fourth-order valence-electron chi connectivity index (χ4n) is 4.03. The third-order valence-corrected chi connectivity index (χ3v) is 5.41. The monoisotopic (exact) mass is 339 g/mol. The average Bonchev–Trinajstić information content (AvgIpc) is 2.63. The molecule has 1 aliphatic heterocycles. The second-order valence-corrected chi connectivity index (χ2v) is 7.21. The Hall–Kier alpha value is -2.21. The summed E-state index contributed by atoms with van der Waals surface area (Å²) in [5.41, 5.74) is 2.20. The van der Waals surface area contributed by atoms with Gasteiger partial charge in [0.1, 0.15) is 12.1 Å². The van der Waals surface area contributed by atoms with E-state index >= 15 is 0 Å². The molecule has 1 saturated heterocycles. The van der Waals surface area contributed by atoms with E-state index in [9.17, 15) is 4.79 Å². The summed E-state index contributed by atoms with van der Waals surface area (Å²) in [6.45, 7) is 4.41. The molecule has 1 aromatic carbocycles. The molecule has 0 bridgehead atoms. The minimum Gasteiger partial charge on any atom is -0.367 e. The zero-order chi connectivity index (χ0) is 17.2. The van der Waals surface area contributed by atoms with Gasteiger partial charge in [-0.15, -0.1) is 0 Å². The van der Waals surface area contributed by atoms with Crippen molar-refractivity contribution >= 4 is 22.6 Å². The fourth-order valence-corrected chi connectivity index (χ4v) is 4.03. The Morgan fingerprint density at radius 2 is 2.04 bits per heavy atom. The molecule has 1 aliphatic carbocycles. The summed E-state index contributed by atoms with van der Waals surface area (Å²) in [5, 5.41) is 7.64. The van der Waals surface area contributed by atoms with Crippen LogP contribution in [0, 0.1) is 6.92 Å². The first-order valence-corrected chi connectivity index (χ1v) is 9.18. The molecule has 132 valence electrons. The molecule has 0 radical (unpaired) electrons. The van der Waals surface area contributed by atoms with Crippen LogP contribution in [0.2, 0.25) is 0 Å². The third-order valence-electron chi connectivity index (χ3n) is 5.41. The van der Waals surface area contributed by atoms with E-state index in [1.807, 2.05) is 0 Å². The zero-order valence-corrected chi connectivity index (χ0v) is 14.7. The van der Waals surface area contributed by atoms with Crippen molar-refractivity contribution in [1.82, 2.24) is 20.2 Å². The Labute approximate surface area is 148 Å². The van der Waals surface area contributed by atoms with Crippen molar-refractivity contribution in [2.75, 3.05) is 25.0 Å². The van der Waals surface area contributed by atoms with Crippen LogP contribution in [0.1, 0.15) is 31.2 Å². The Morgan fingerprint density at radius 1 is 1.20 bits per heavy atom. The van der Waals surface area contributed by atoms with Gasteiger partial charge in [-0.3, -0.25) is 9.69 Å². The van der Waals surface area contributed by atoms with Gasteiger partial charge in [0.15, 0.2) is 0 Å². The highest BCUT2D eigenvalue weighted by molar-refractivity contribution is 5.89. The van der Waals surface area contributed by atoms with Crippen molar-refractivity contribution in [2.24, 2.45) is 0 Å². The van der Waals surface area contributed by atoms with E-state index in [2.05, 4.69) is 50.6 Å².